The zero-order valence-electron chi connectivity index (χ0n) is 11.3. The molecule has 2 heterocycles. The van der Waals surface area contributed by atoms with Gasteiger partial charge in [-0.3, -0.25) is 4.90 Å². The lowest BCUT2D eigenvalue weighted by atomic mass is 9.85. The van der Waals surface area contributed by atoms with E-state index in [-0.39, 0.29) is 6.04 Å². The van der Waals surface area contributed by atoms with Crippen LogP contribution in [-0.4, -0.2) is 24.0 Å². The Labute approximate surface area is 109 Å². The third-order valence-corrected chi connectivity index (χ3v) is 4.77. The van der Waals surface area contributed by atoms with Crippen molar-refractivity contribution in [1.29, 1.82) is 0 Å². The molecule has 1 aliphatic carbocycles. The van der Waals surface area contributed by atoms with Crippen molar-refractivity contribution in [1.82, 2.24) is 4.90 Å². The lowest BCUT2D eigenvalue weighted by molar-refractivity contribution is 0.121. The van der Waals surface area contributed by atoms with Crippen molar-refractivity contribution in [3.8, 4) is 0 Å². The van der Waals surface area contributed by atoms with Gasteiger partial charge in [-0.2, -0.15) is 0 Å². The average molecular weight is 248 g/mol. The molecule has 1 aromatic rings. The summed E-state index contributed by atoms with van der Waals surface area (Å²) >= 11 is 0. The minimum absolute atomic E-state index is 0.284. The highest BCUT2D eigenvalue weighted by molar-refractivity contribution is 5.12. The number of furan rings is 1. The van der Waals surface area contributed by atoms with E-state index in [0.29, 0.717) is 6.54 Å². The molecule has 0 aromatic carbocycles. The van der Waals surface area contributed by atoms with E-state index in [4.69, 9.17) is 10.2 Å². The molecule has 3 unspecified atom stereocenters. The van der Waals surface area contributed by atoms with Crippen molar-refractivity contribution in [2.24, 2.45) is 11.7 Å². The van der Waals surface area contributed by atoms with Gasteiger partial charge in [-0.25, -0.2) is 0 Å². The van der Waals surface area contributed by atoms with Crippen LogP contribution in [0.1, 0.15) is 49.7 Å². The molecule has 3 nitrogen and oxygen atoms in total. The van der Waals surface area contributed by atoms with Crippen LogP contribution in [0.4, 0.5) is 0 Å². The molecule has 1 saturated heterocycles. The molecule has 0 amide bonds. The molecule has 0 bridgehead atoms. The Bertz CT molecular complexity index is 401. The van der Waals surface area contributed by atoms with Gasteiger partial charge in [0.05, 0.1) is 6.04 Å². The monoisotopic (exact) mass is 248 g/mol. The molecule has 1 aromatic heterocycles. The summed E-state index contributed by atoms with van der Waals surface area (Å²) in [6, 6.07) is 5.18. The van der Waals surface area contributed by atoms with Gasteiger partial charge in [0.25, 0.3) is 0 Å². The van der Waals surface area contributed by atoms with E-state index in [9.17, 15) is 0 Å². The molecular formula is C15H24N2O. The zero-order chi connectivity index (χ0) is 12.5. The van der Waals surface area contributed by atoms with Crippen molar-refractivity contribution in [3.05, 3.63) is 23.7 Å². The predicted octanol–water partition coefficient (Wildman–Crippen LogP) is 2.85. The number of fused-ring (bicyclic) bond motifs is 1. The first kappa shape index (κ1) is 12.2. The van der Waals surface area contributed by atoms with E-state index in [2.05, 4.69) is 11.0 Å². The second-order valence-corrected chi connectivity index (χ2v) is 5.84. The van der Waals surface area contributed by atoms with Crippen LogP contribution >= 0.6 is 0 Å². The average Bonchev–Trinajstić information content (AvgIpc) is 2.98. The molecule has 1 saturated carbocycles. The molecule has 100 valence electrons. The highest BCUT2D eigenvalue weighted by atomic mass is 16.3. The van der Waals surface area contributed by atoms with E-state index in [1.165, 1.54) is 38.6 Å². The molecular weight excluding hydrogens is 224 g/mol. The second kappa shape index (κ2) is 5.06. The summed E-state index contributed by atoms with van der Waals surface area (Å²) in [6.45, 7) is 3.86. The predicted molar refractivity (Wildman–Crippen MR) is 72.3 cm³/mol. The maximum absolute atomic E-state index is 6.01. The van der Waals surface area contributed by atoms with E-state index in [0.717, 1.165) is 23.5 Å². The summed E-state index contributed by atoms with van der Waals surface area (Å²) in [5.41, 5.74) is 6.01. The Hall–Kier alpha value is -0.800. The molecule has 2 N–H and O–H groups in total. The van der Waals surface area contributed by atoms with Crippen molar-refractivity contribution >= 4 is 0 Å². The fraction of sp³-hybridized carbons (Fsp3) is 0.733. The van der Waals surface area contributed by atoms with E-state index in [1.54, 1.807) is 0 Å². The van der Waals surface area contributed by atoms with Gasteiger partial charge in [0.2, 0.25) is 0 Å². The molecule has 0 radical (unpaired) electrons. The van der Waals surface area contributed by atoms with Crippen LogP contribution in [0.3, 0.4) is 0 Å². The van der Waals surface area contributed by atoms with Crippen molar-refractivity contribution in [2.45, 2.75) is 51.1 Å². The van der Waals surface area contributed by atoms with Crippen LogP contribution in [0.5, 0.6) is 0 Å². The number of nitrogens with zero attached hydrogens (tertiary/aromatic N) is 1. The quantitative estimate of drug-likeness (QED) is 0.894. The first-order chi connectivity index (χ1) is 8.79. The lowest BCUT2D eigenvalue weighted by Gasteiger charge is -2.35. The molecule has 2 aliphatic rings. The lowest BCUT2D eigenvalue weighted by Crippen LogP contribution is -2.40. The summed E-state index contributed by atoms with van der Waals surface area (Å²) in [7, 11) is 0. The SMILES string of the molecule is Cc1ccc(C(CN)N2CCC3CCCCC32)o1. The maximum atomic E-state index is 6.01. The first-order valence-electron chi connectivity index (χ1n) is 7.31. The van der Waals surface area contributed by atoms with Crippen LogP contribution in [0.25, 0.3) is 0 Å². The van der Waals surface area contributed by atoms with Crippen LogP contribution in [0.15, 0.2) is 16.5 Å². The number of rotatable bonds is 3. The molecule has 3 rings (SSSR count). The van der Waals surface area contributed by atoms with Crippen molar-refractivity contribution in [3.63, 3.8) is 0 Å². The fourth-order valence-corrected chi connectivity index (χ4v) is 3.88. The van der Waals surface area contributed by atoms with Crippen LogP contribution < -0.4 is 5.73 Å². The van der Waals surface area contributed by atoms with Gasteiger partial charge < -0.3 is 10.2 Å². The summed E-state index contributed by atoms with van der Waals surface area (Å²) < 4.78 is 5.81. The number of nitrogens with two attached hydrogens (primary N) is 1. The standard InChI is InChI=1S/C15H24N2O/c1-11-6-7-15(18-11)14(10-16)17-9-8-12-4-2-3-5-13(12)17/h6-7,12-14H,2-5,8-10,16H2,1H3. The van der Waals surface area contributed by atoms with Gasteiger partial charge in [0, 0.05) is 12.6 Å². The summed E-state index contributed by atoms with van der Waals surface area (Å²) in [5, 5.41) is 0. The zero-order valence-corrected chi connectivity index (χ0v) is 11.3. The van der Waals surface area contributed by atoms with Gasteiger partial charge in [-0.1, -0.05) is 12.8 Å². The van der Waals surface area contributed by atoms with Crippen LogP contribution in [-0.2, 0) is 0 Å². The Morgan fingerprint density at radius 2 is 2.17 bits per heavy atom. The highest BCUT2D eigenvalue weighted by Crippen LogP contribution is 2.40. The molecule has 0 spiro atoms. The normalized spacial score (nSPS) is 30.3. The Morgan fingerprint density at radius 1 is 1.33 bits per heavy atom. The minimum Gasteiger partial charge on any atom is -0.465 e. The molecule has 3 heteroatoms. The highest BCUT2D eigenvalue weighted by Gasteiger charge is 2.39. The van der Waals surface area contributed by atoms with Crippen molar-refractivity contribution < 1.29 is 4.42 Å². The Kier molecular flexibility index (Phi) is 3.44. The Balaban J connectivity index is 1.79. The number of hydrogen-bond acceptors (Lipinski definition) is 3. The van der Waals surface area contributed by atoms with Crippen LogP contribution in [0.2, 0.25) is 0 Å². The topological polar surface area (TPSA) is 42.4 Å². The number of hydrogen-bond donors (Lipinski definition) is 1. The summed E-state index contributed by atoms with van der Waals surface area (Å²) in [4.78, 5) is 2.61. The Morgan fingerprint density at radius 3 is 2.89 bits per heavy atom. The van der Waals surface area contributed by atoms with E-state index < -0.39 is 0 Å². The molecule has 18 heavy (non-hydrogen) atoms. The van der Waals surface area contributed by atoms with Gasteiger partial charge in [0.15, 0.2) is 0 Å². The van der Waals surface area contributed by atoms with Crippen molar-refractivity contribution in [2.75, 3.05) is 13.1 Å². The van der Waals surface area contributed by atoms with Crippen LogP contribution in [0, 0.1) is 12.8 Å². The smallest absolute Gasteiger partial charge is 0.122 e. The molecule has 3 atom stereocenters. The number of likely N-dealkylation sites (tertiary alicyclic amines) is 1. The number of aryl methyl sites for hydroxylation is 1. The third-order valence-electron chi connectivity index (χ3n) is 4.77. The van der Waals surface area contributed by atoms with Gasteiger partial charge in [0.1, 0.15) is 11.5 Å². The van der Waals surface area contributed by atoms with Gasteiger partial charge in [-0.15, -0.1) is 0 Å². The van der Waals surface area contributed by atoms with Gasteiger partial charge >= 0.3 is 0 Å². The van der Waals surface area contributed by atoms with Gasteiger partial charge in [-0.05, 0) is 50.8 Å². The van der Waals surface area contributed by atoms with E-state index >= 15 is 0 Å². The largest absolute Gasteiger partial charge is 0.465 e. The first-order valence-corrected chi connectivity index (χ1v) is 7.31. The van der Waals surface area contributed by atoms with E-state index in [1.807, 2.05) is 13.0 Å². The fourth-order valence-electron chi connectivity index (χ4n) is 3.88. The second-order valence-electron chi connectivity index (χ2n) is 5.84. The third kappa shape index (κ3) is 2.10. The molecule has 1 aliphatic heterocycles. The summed E-state index contributed by atoms with van der Waals surface area (Å²) in [6.07, 6.45) is 6.91. The summed E-state index contributed by atoms with van der Waals surface area (Å²) in [5.74, 6) is 2.95. The maximum Gasteiger partial charge on any atom is 0.122 e. The molecule has 2 fully saturated rings. The minimum atomic E-state index is 0.284.